The molecule has 0 atom stereocenters. The molecule has 1 aromatic carbocycles. The molecule has 0 aliphatic rings. The van der Waals surface area contributed by atoms with Crippen LogP contribution in [-0.4, -0.2) is 8.42 Å². The molecule has 0 aliphatic carbocycles. The number of rotatable bonds is 2. The fourth-order valence-corrected chi connectivity index (χ4v) is 2.18. The number of aryl methyl sites for hydroxylation is 1. The van der Waals surface area contributed by atoms with E-state index in [0.29, 0.717) is 0 Å². The lowest BCUT2D eigenvalue weighted by Crippen LogP contribution is -2.14. The summed E-state index contributed by atoms with van der Waals surface area (Å²) < 4.78 is 22.2. The highest BCUT2D eigenvalue weighted by Crippen LogP contribution is 2.17. The summed E-state index contributed by atoms with van der Waals surface area (Å²) in [4.78, 5) is 0.229. The van der Waals surface area contributed by atoms with E-state index in [9.17, 15) is 8.42 Å². The third-order valence-electron chi connectivity index (χ3n) is 2.08. The van der Waals surface area contributed by atoms with Gasteiger partial charge in [0.25, 0.3) is 0 Å². The number of nitrogens with two attached hydrogens (primary N) is 1. The molecule has 72 valence electrons. The lowest BCUT2D eigenvalue weighted by molar-refractivity contribution is 0.597. The second-order valence-electron chi connectivity index (χ2n) is 2.94. The zero-order chi connectivity index (χ0) is 10.1. The van der Waals surface area contributed by atoms with Gasteiger partial charge in [-0.25, -0.2) is 13.6 Å². The van der Waals surface area contributed by atoms with E-state index in [1.165, 1.54) is 6.07 Å². The van der Waals surface area contributed by atoms with E-state index in [-0.39, 0.29) is 4.90 Å². The number of hydrogen-bond acceptors (Lipinski definition) is 2. The molecule has 0 radical (unpaired) electrons. The molecule has 13 heavy (non-hydrogen) atoms. The van der Waals surface area contributed by atoms with E-state index in [0.717, 1.165) is 17.5 Å². The Hall–Kier alpha value is -0.870. The highest BCUT2D eigenvalue weighted by atomic mass is 32.2. The van der Waals surface area contributed by atoms with Gasteiger partial charge in [0.1, 0.15) is 0 Å². The Morgan fingerprint density at radius 1 is 1.38 bits per heavy atom. The molecule has 0 amide bonds. The quantitative estimate of drug-likeness (QED) is 0.778. The highest BCUT2D eigenvalue weighted by Gasteiger charge is 2.12. The smallest absolute Gasteiger partial charge is 0.225 e. The van der Waals surface area contributed by atoms with Crippen molar-refractivity contribution in [2.75, 3.05) is 0 Å². The molecular weight excluding hydrogens is 186 g/mol. The molecule has 2 N–H and O–H groups in total. The lowest BCUT2D eigenvalue weighted by atomic mass is 10.1. The summed E-state index contributed by atoms with van der Waals surface area (Å²) in [5.41, 5.74) is 1.78. The second-order valence-corrected chi connectivity index (χ2v) is 4.47. The van der Waals surface area contributed by atoms with E-state index in [1.807, 2.05) is 13.0 Å². The normalized spacial score (nSPS) is 11.6. The summed E-state index contributed by atoms with van der Waals surface area (Å²) in [7, 11) is -3.57. The van der Waals surface area contributed by atoms with Gasteiger partial charge in [0.15, 0.2) is 0 Å². The Labute approximate surface area is 78.6 Å². The Balaban J connectivity index is 3.41. The topological polar surface area (TPSA) is 60.2 Å². The third-order valence-corrected chi connectivity index (χ3v) is 3.14. The Morgan fingerprint density at radius 2 is 2.00 bits per heavy atom. The first kappa shape index (κ1) is 10.2. The maximum absolute atomic E-state index is 11.1. The summed E-state index contributed by atoms with van der Waals surface area (Å²) in [5, 5.41) is 5.05. The van der Waals surface area contributed by atoms with Crippen molar-refractivity contribution in [2.24, 2.45) is 5.14 Å². The van der Waals surface area contributed by atoms with Crippen LogP contribution >= 0.6 is 0 Å². The van der Waals surface area contributed by atoms with Gasteiger partial charge in [-0.1, -0.05) is 19.1 Å². The van der Waals surface area contributed by atoms with Crippen molar-refractivity contribution in [3.05, 3.63) is 29.3 Å². The van der Waals surface area contributed by atoms with Gasteiger partial charge in [-0.05, 0) is 30.5 Å². The van der Waals surface area contributed by atoms with Gasteiger partial charge < -0.3 is 0 Å². The van der Waals surface area contributed by atoms with Crippen LogP contribution in [-0.2, 0) is 16.4 Å². The maximum atomic E-state index is 11.1. The predicted molar refractivity (Wildman–Crippen MR) is 51.9 cm³/mol. The van der Waals surface area contributed by atoms with Gasteiger partial charge in [-0.2, -0.15) is 0 Å². The van der Waals surface area contributed by atoms with Crippen LogP contribution in [0, 0.1) is 6.92 Å². The van der Waals surface area contributed by atoms with E-state index in [2.05, 4.69) is 0 Å². The fraction of sp³-hybridized carbons (Fsp3) is 0.333. The van der Waals surface area contributed by atoms with Crippen molar-refractivity contribution in [3.63, 3.8) is 0 Å². The summed E-state index contributed by atoms with van der Waals surface area (Å²) in [6, 6.07) is 5.15. The van der Waals surface area contributed by atoms with E-state index in [1.54, 1.807) is 13.0 Å². The summed E-state index contributed by atoms with van der Waals surface area (Å²) in [6.45, 7) is 3.76. The van der Waals surface area contributed by atoms with Crippen molar-refractivity contribution < 1.29 is 8.42 Å². The van der Waals surface area contributed by atoms with Crippen molar-refractivity contribution in [3.8, 4) is 0 Å². The summed E-state index contributed by atoms with van der Waals surface area (Å²) in [5.74, 6) is 0. The van der Waals surface area contributed by atoms with E-state index in [4.69, 9.17) is 5.14 Å². The first-order valence-corrected chi connectivity index (χ1v) is 5.62. The molecule has 0 spiro atoms. The van der Waals surface area contributed by atoms with Crippen LogP contribution in [0.4, 0.5) is 0 Å². The molecule has 0 unspecified atom stereocenters. The number of hydrogen-bond donors (Lipinski definition) is 1. The largest absolute Gasteiger partial charge is 0.238 e. The Bertz CT molecular complexity index is 410. The average molecular weight is 199 g/mol. The third kappa shape index (κ3) is 2.08. The first-order chi connectivity index (χ1) is 5.96. The minimum Gasteiger partial charge on any atom is -0.225 e. The van der Waals surface area contributed by atoms with Crippen LogP contribution in [0.25, 0.3) is 0 Å². The first-order valence-electron chi connectivity index (χ1n) is 4.08. The molecule has 0 aliphatic heterocycles. The Morgan fingerprint density at radius 3 is 2.46 bits per heavy atom. The summed E-state index contributed by atoms with van der Waals surface area (Å²) >= 11 is 0. The monoisotopic (exact) mass is 199 g/mol. The number of sulfonamides is 1. The predicted octanol–water partition coefficient (Wildman–Crippen LogP) is 1.20. The molecule has 0 fully saturated rings. The van der Waals surface area contributed by atoms with Crippen LogP contribution in [0.15, 0.2) is 23.1 Å². The SMILES string of the molecule is CCc1cccc(S(N)(=O)=O)c1C. The van der Waals surface area contributed by atoms with Crippen molar-refractivity contribution in [1.29, 1.82) is 0 Å². The molecule has 3 nitrogen and oxygen atoms in total. The van der Waals surface area contributed by atoms with Crippen LogP contribution in [0.3, 0.4) is 0 Å². The van der Waals surface area contributed by atoms with E-state index >= 15 is 0 Å². The van der Waals surface area contributed by atoms with Gasteiger partial charge in [0.2, 0.25) is 10.0 Å². The standard InChI is InChI=1S/C9H13NO2S/c1-3-8-5-4-6-9(7(8)2)13(10,11)12/h4-6H,3H2,1-2H3,(H2,10,11,12). The van der Waals surface area contributed by atoms with Crippen molar-refractivity contribution in [2.45, 2.75) is 25.2 Å². The highest BCUT2D eigenvalue weighted by molar-refractivity contribution is 7.89. The summed E-state index contributed by atoms with van der Waals surface area (Å²) in [6.07, 6.45) is 0.815. The van der Waals surface area contributed by atoms with Crippen molar-refractivity contribution >= 4 is 10.0 Å². The minimum atomic E-state index is -3.57. The lowest BCUT2D eigenvalue weighted by Gasteiger charge is -2.07. The molecule has 1 rings (SSSR count). The Kier molecular flexibility index (Phi) is 2.73. The van der Waals surface area contributed by atoms with Crippen LogP contribution in [0.2, 0.25) is 0 Å². The van der Waals surface area contributed by atoms with Gasteiger partial charge in [-0.15, -0.1) is 0 Å². The molecule has 0 saturated heterocycles. The number of benzene rings is 1. The molecule has 4 heteroatoms. The zero-order valence-corrected chi connectivity index (χ0v) is 8.56. The molecular formula is C9H13NO2S. The number of primary sulfonamides is 1. The molecule has 0 heterocycles. The van der Waals surface area contributed by atoms with Crippen molar-refractivity contribution in [1.82, 2.24) is 0 Å². The van der Waals surface area contributed by atoms with Crippen LogP contribution in [0.5, 0.6) is 0 Å². The molecule has 0 bridgehead atoms. The maximum Gasteiger partial charge on any atom is 0.238 e. The van der Waals surface area contributed by atoms with Gasteiger partial charge in [0.05, 0.1) is 4.90 Å². The molecule has 0 saturated carbocycles. The molecule has 1 aromatic rings. The van der Waals surface area contributed by atoms with Gasteiger partial charge >= 0.3 is 0 Å². The fourth-order valence-electron chi connectivity index (χ4n) is 1.35. The van der Waals surface area contributed by atoms with Crippen LogP contribution < -0.4 is 5.14 Å². The minimum absolute atomic E-state index is 0.229. The van der Waals surface area contributed by atoms with Gasteiger partial charge in [0, 0.05) is 0 Å². The second kappa shape index (κ2) is 3.47. The molecule has 0 aromatic heterocycles. The zero-order valence-electron chi connectivity index (χ0n) is 7.74. The van der Waals surface area contributed by atoms with E-state index < -0.39 is 10.0 Å². The average Bonchev–Trinajstić information content (AvgIpc) is 2.02. The van der Waals surface area contributed by atoms with Crippen LogP contribution in [0.1, 0.15) is 18.1 Å². The van der Waals surface area contributed by atoms with Gasteiger partial charge in [-0.3, -0.25) is 0 Å².